The van der Waals surface area contributed by atoms with Crippen LogP contribution in [-0.2, 0) is 10.0 Å². The van der Waals surface area contributed by atoms with Gasteiger partial charge in [0.2, 0.25) is 10.0 Å². The van der Waals surface area contributed by atoms with Crippen LogP contribution < -0.4 is 15.4 Å². The lowest BCUT2D eigenvalue weighted by atomic mass is 9.75. The second-order valence-corrected chi connectivity index (χ2v) is 9.78. The average molecular weight is 347 g/mol. The van der Waals surface area contributed by atoms with Crippen molar-refractivity contribution in [2.45, 2.75) is 71.9 Å². The van der Waals surface area contributed by atoms with Gasteiger partial charge < -0.3 is 10.6 Å². The Kier molecular flexibility index (Phi) is 6.89. The number of rotatable bonds is 6. The predicted octanol–water partition coefficient (Wildman–Crippen LogP) is 1.84. The van der Waals surface area contributed by atoms with Crippen LogP contribution in [0.2, 0.25) is 0 Å². The number of hydrogen-bond acceptors (Lipinski definition) is 3. The quantitative estimate of drug-likeness (QED) is 0.506. The van der Waals surface area contributed by atoms with Gasteiger partial charge in [0, 0.05) is 18.1 Å². The maximum Gasteiger partial charge on any atom is 0.209 e. The van der Waals surface area contributed by atoms with Gasteiger partial charge >= 0.3 is 0 Å². The van der Waals surface area contributed by atoms with Gasteiger partial charge in [0.05, 0.1) is 12.8 Å². The zero-order valence-corrected chi connectivity index (χ0v) is 16.3. The molecule has 136 valence electrons. The summed E-state index contributed by atoms with van der Waals surface area (Å²) in [5.74, 6) is 0.764. The fourth-order valence-electron chi connectivity index (χ4n) is 2.87. The molecule has 0 aliphatic heterocycles. The first kappa shape index (κ1) is 20.2. The SMILES string of the molecule is CCNC(=NCC(C)(C)NS(C)(=O)=O)NC1CCC(C)(C)CC1. The molecule has 1 rings (SSSR count). The molecule has 7 heteroatoms. The van der Waals surface area contributed by atoms with E-state index in [0.29, 0.717) is 18.0 Å². The van der Waals surface area contributed by atoms with Crippen LogP contribution in [0.25, 0.3) is 0 Å². The van der Waals surface area contributed by atoms with Gasteiger partial charge in [-0.15, -0.1) is 0 Å². The first-order valence-corrected chi connectivity index (χ1v) is 10.4. The van der Waals surface area contributed by atoms with Gasteiger partial charge in [-0.25, -0.2) is 13.1 Å². The Bertz CT molecular complexity index is 502. The number of nitrogens with one attached hydrogen (secondary N) is 3. The molecule has 0 saturated heterocycles. The molecule has 0 unspecified atom stereocenters. The van der Waals surface area contributed by atoms with E-state index in [9.17, 15) is 8.42 Å². The zero-order chi connectivity index (χ0) is 17.7. The molecule has 0 heterocycles. The monoisotopic (exact) mass is 346 g/mol. The predicted molar refractivity (Wildman–Crippen MR) is 97.2 cm³/mol. The molecule has 0 radical (unpaired) electrons. The Hall–Kier alpha value is -0.820. The minimum atomic E-state index is -3.24. The molecule has 3 N–H and O–H groups in total. The van der Waals surface area contributed by atoms with E-state index >= 15 is 0 Å². The minimum Gasteiger partial charge on any atom is -0.357 e. The van der Waals surface area contributed by atoms with Crippen molar-refractivity contribution >= 4 is 16.0 Å². The van der Waals surface area contributed by atoms with Gasteiger partial charge in [0.1, 0.15) is 0 Å². The molecule has 0 amide bonds. The smallest absolute Gasteiger partial charge is 0.209 e. The van der Waals surface area contributed by atoms with Gasteiger partial charge in [-0.2, -0.15) is 0 Å². The van der Waals surface area contributed by atoms with Crippen molar-refractivity contribution in [2.24, 2.45) is 10.4 Å². The van der Waals surface area contributed by atoms with Crippen LogP contribution in [0, 0.1) is 5.41 Å². The van der Waals surface area contributed by atoms with E-state index < -0.39 is 15.6 Å². The molecular weight excluding hydrogens is 312 g/mol. The van der Waals surface area contributed by atoms with Crippen molar-refractivity contribution in [3.8, 4) is 0 Å². The number of hydrogen-bond donors (Lipinski definition) is 3. The zero-order valence-electron chi connectivity index (χ0n) is 15.5. The van der Waals surface area contributed by atoms with E-state index in [0.717, 1.165) is 25.3 Å². The van der Waals surface area contributed by atoms with E-state index in [1.807, 2.05) is 20.8 Å². The molecule has 0 aromatic rings. The Morgan fingerprint density at radius 3 is 2.30 bits per heavy atom. The summed E-state index contributed by atoms with van der Waals surface area (Å²) in [6, 6.07) is 0.437. The van der Waals surface area contributed by atoms with Crippen molar-refractivity contribution in [1.29, 1.82) is 0 Å². The number of aliphatic imine (C=N–C) groups is 1. The van der Waals surface area contributed by atoms with E-state index in [1.165, 1.54) is 19.1 Å². The summed E-state index contributed by atoms with van der Waals surface area (Å²) in [5, 5.41) is 6.74. The molecule has 1 aliphatic carbocycles. The summed E-state index contributed by atoms with van der Waals surface area (Å²) in [6.07, 6.45) is 5.88. The lowest BCUT2D eigenvalue weighted by Gasteiger charge is -2.35. The number of nitrogens with zero attached hydrogens (tertiary/aromatic N) is 1. The van der Waals surface area contributed by atoms with Crippen LogP contribution in [0.3, 0.4) is 0 Å². The Labute approximate surface area is 142 Å². The molecule has 1 fully saturated rings. The molecule has 0 aromatic heterocycles. The number of sulfonamides is 1. The largest absolute Gasteiger partial charge is 0.357 e. The maximum atomic E-state index is 11.4. The van der Waals surface area contributed by atoms with E-state index in [4.69, 9.17) is 0 Å². The molecule has 0 aromatic carbocycles. The van der Waals surface area contributed by atoms with Crippen LogP contribution in [0.15, 0.2) is 4.99 Å². The van der Waals surface area contributed by atoms with Crippen molar-refractivity contribution in [2.75, 3.05) is 19.3 Å². The van der Waals surface area contributed by atoms with E-state index in [-0.39, 0.29) is 0 Å². The van der Waals surface area contributed by atoms with Crippen LogP contribution >= 0.6 is 0 Å². The third kappa shape index (κ3) is 8.55. The van der Waals surface area contributed by atoms with Gasteiger partial charge in [-0.3, -0.25) is 4.99 Å². The lowest BCUT2D eigenvalue weighted by Crippen LogP contribution is -2.48. The Balaban J connectivity index is 2.63. The topological polar surface area (TPSA) is 82.6 Å². The molecule has 1 saturated carbocycles. The third-order valence-corrected chi connectivity index (χ3v) is 5.04. The lowest BCUT2D eigenvalue weighted by molar-refractivity contribution is 0.216. The third-order valence-electron chi connectivity index (χ3n) is 4.12. The van der Waals surface area contributed by atoms with Crippen molar-refractivity contribution < 1.29 is 8.42 Å². The van der Waals surface area contributed by atoms with Crippen molar-refractivity contribution in [3.63, 3.8) is 0 Å². The van der Waals surface area contributed by atoms with Gasteiger partial charge in [-0.05, 0) is 51.9 Å². The first-order valence-electron chi connectivity index (χ1n) is 8.46. The highest BCUT2D eigenvalue weighted by molar-refractivity contribution is 7.88. The second kappa shape index (κ2) is 7.83. The van der Waals surface area contributed by atoms with Gasteiger partial charge in [0.15, 0.2) is 5.96 Å². The summed E-state index contributed by atoms with van der Waals surface area (Å²) in [4.78, 5) is 4.57. The minimum absolute atomic E-state index is 0.383. The van der Waals surface area contributed by atoms with Crippen molar-refractivity contribution in [3.05, 3.63) is 0 Å². The normalized spacial score (nSPS) is 20.3. The summed E-state index contributed by atoms with van der Waals surface area (Å²) in [6.45, 7) is 11.5. The first-order chi connectivity index (χ1) is 10.4. The number of guanidine groups is 1. The molecule has 0 bridgehead atoms. The molecule has 1 aliphatic rings. The fraction of sp³-hybridized carbons (Fsp3) is 0.938. The molecule has 6 nitrogen and oxygen atoms in total. The molecule has 23 heavy (non-hydrogen) atoms. The summed E-state index contributed by atoms with van der Waals surface area (Å²) >= 11 is 0. The second-order valence-electron chi connectivity index (χ2n) is 8.04. The van der Waals surface area contributed by atoms with E-state index in [2.05, 4.69) is 34.2 Å². The highest BCUT2D eigenvalue weighted by atomic mass is 32.2. The van der Waals surface area contributed by atoms with Gasteiger partial charge in [0.25, 0.3) is 0 Å². The van der Waals surface area contributed by atoms with E-state index in [1.54, 1.807) is 0 Å². The van der Waals surface area contributed by atoms with Crippen LogP contribution in [0.5, 0.6) is 0 Å². The average Bonchev–Trinajstić information content (AvgIpc) is 2.36. The summed E-state index contributed by atoms with van der Waals surface area (Å²) in [7, 11) is -3.24. The summed E-state index contributed by atoms with van der Waals surface area (Å²) in [5.41, 5.74) is -0.167. The van der Waals surface area contributed by atoms with Gasteiger partial charge in [-0.1, -0.05) is 13.8 Å². The highest BCUT2D eigenvalue weighted by Crippen LogP contribution is 2.34. The Morgan fingerprint density at radius 2 is 1.83 bits per heavy atom. The Morgan fingerprint density at radius 1 is 1.26 bits per heavy atom. The maximum absolute atomic E-state index is 11.4. The van der Waals surface area contributed by atoms with Crippen LogP contribution in [0.1, 0.15) is 60.3 Å². The van der Waals surface area contributed by atoms with Crippen LogP contribution in [0.4, 0.5) is 0 Å². The van der Waals surface area contributed by atoms with Crippen molar-refractivity contribution in [1.82, 2.24) is 15.4 Å². The summed E-state index contributed by atoms with van der Waals surface area (Å²) < 4.78 is 25.4. The standard InChI is InChI=1S/C16H34N4O2S/c1-7-17-14(18-12-16(4,5)20-23(6,21)22)19-13-8-10-15(2,3)11-9-13/h13,20H,7-12H2,1-6H3,(H2,17,18,19). The molecule has 0 spiro atoms. The molecule has 0 atom stereocenters. The van der Waals surface area contributed by atoms with Crippen LogP contribution in [-0.4, -0.2) is 45.3 Å². The molecular formula is C16H34N4O2S. The fourth-order valence-corrected chi connectivity index (χ4v) is 3.94. The highest BCUT2D eigenvalue weighted by Gasteiger charge is 2.27.